The van der Waals surface area contributed by atoms with E-state index < -0.39 is 17.7 Å². The van der Waals surface area contributed by atoms with E-state index in [9.17, 15) is 9.59 Å². The molecule has 0 radical (unpaired) electrons. The Balaban J connectivity index is 2.24. The monoisotopic (exact) mass is 225 g/mol. The van der Waals surface area contributed by atoms with Crippen LogP contribution in [0.2, 0.25) is 0 Å². The molecule has 1 rings (SSSR count). The van der Waals surface area contributed by atoms with Crippen molar-refractivity contribution >= 4 is 11.8 Å². The molecule has 1 fully saturated rings. The molecule has 0 aromatic rings. The van der Waals surface area contributed by atoms with E-state index in [2.05, 4.69) is 6.92 Å². The average molecular weight is 225 g/mol. The molecule has 0 aromatic carbocycles. The second kappa shape index (κ2) is 6.43. The fourth-order valence-corrected chi connectivity index (χ4v) is 1.74. The zero-order valence-corrected chi connectivity index (χ0v) is 9.69. The van der Waals surface area contributed by atoms with Gasteiger partial charge in [0, 0.05) is 6.42 Å². The third kappa shape index (κ3) is 3.45. The molecule has 1 saturated heterocycles. The quantitative estimate of drug-likeness (QED) is 0.326. The van der Waals surface area contributed by atoms with Crippen molar-refractivity contribution in [2.24, 2.45) is 5.92 Å². The summed E-state index contributed by atoms with van der Waals surface area (Å²) in [5.74, 6) is -1.47. The van der Waals surface area contributed by atoms with Crippen molar-refractivity contribution in [1.29, 1.82) is 0 Å². The molecule has 1 N–H and O–H groups in total. The van der Waals surface area contributed by atoms with Gasteiger partial charge in [-0.2, -0.15) is 5.06 Å². The van der Waals surface area contributed by atoms with Crippen LogP contribution in [0, 0.1) is 5.92 Å². The number of hydrogen-bond acceptors (Lipinski definition) is 3. The van der Waals surface area contributed by atoms with E-state index in [-0.39, 0.29) is 11.5 Å². The molecule has 1 unspecified atom stereocenters. The van der Waals surface area contributed by atoms with Crippen molar-refractivity contribution < 1.29 is 14.8 Å². The van der Waals surface area contributed by atoms with Crippen LogP contribution in [-0.2, 0) is 9.59 Å². The molecule has 1 aliphatic rings. The summed E-state index contributed by atoms with van der Waals surface area (Å²) in [5.41, 5.74) is 0. The molecule has 1 heterocycles. The molecule has 0 aliphatic carbocycles. The number of hydrogen-bond donors (Lipinski definition) is 1. The van der Waals surface area contributed by atoms with Gasteiger partial charge in [0.15, 0.2) is 0 Å². The molecule has 1 atom stereocenters. The molecule has 1 aliphatic heterocycles. The predicted molar refractivity (Wildman–Crippen MR) is 59.6 cm³/mol. The zero-order chi connectivity index (χ0) is 12.0. The Morgan fingerprint density at radius 2 is 2.12 bits per heavy atom. The summed E-state index contributed by atoms with van der Waals surface area (Å²) in [7, 11) is 0. The van der Waals surface area contributed by atoms with Gasteiger partial charge in [0.25, 0.3) is 11.8 Å². The van der Waals surface area contributed by atoms with Crippen molar-refractivity contribution in [3.63, 3.8) is 0 Å². The smallest absolute Gasteiger partial charge is 0.260 e. The molecule has 0 bridgehead atoms. The van der Waals surface area contributed by atoms with Crippen molar-refractivity contribution in [2.75, 3.05) is 0 Å². The first-order valence-electron chi connectivity index (χ1n) is 5.89. The zero-order valence-electron chi connectivity index (χ0n) is 9.69. The summed E-state index contributed by atoms with van der Waals surface area (Å²) in [6.45, 7) is 2.16. The van der Waals surface area contributed by atoms with Crippen LogP contribution in [-0.4, -0.2) is 22.1 Å². The van der Waals surface area contributed by atoms with Crippen LogP contribution in [0.3, 0.4) is 0 Å². The van der Waals surface area contributed by atoms with E-state index >= 15 is 0 Å². The van der Waals surface area contributed by atoms with Gasteiger partial charge in [0.05, 0.1) is 5.92 Å². The minimum absolute atomic E-state index is 0.0980. The Bertz CT molecular complexity index is 286. The second-order valence-corrected chi connectivity index (χ2v) is 4.13. The van der Waals surface area contributed by atoms with Crippen molar-refractivity contribution in [1.82, 2.24) is 5.06 Å². The van der Waals surface area contributed by atoms with E-state index in [0.29, 0.717) is 0 Å². The lowest BCUT2D eigenvalue weighted by Crippen LogP contribution is -2.26. The molecule has 0 spiro atoms. The lowest BCUT2D eigenvalue weighted by molar-refractivity contribution is -0.171. The molecule has 0 saturated carbocycles. The fraction of sp³-hybridized carbons (Fsp3) is 0.667. The number of rotatable bonds is 6. The van der Waals surface area contributed by atoms with Gasteiger partial charge in [0.1, 0.15) is 0 Å². The van der Waals surface area contributed by atoms with Gasteiger partial charge in [-0.1, -0.05) is 38.3 Å². The van der Waals surface area contributed by atoms with Gasteiger partial charge in [-0.3, -0.25) is 14.8 Å². The highest BCUT2D eigenvalue weighted by molar-refractivity contribution is 6.02. The van der Waals surface area contributed by atoms with E-state index in [1.165, 1.54) is 19.3 Å². The first-order chi connectivity index (χ1) is 7.66. The van der Waals surface area contributed by atoms with E-state index in [1.807, 2.05) is 6.08 Å². The summed E-state index contributed by atoms with van der Waals surface area (Å²) in [4.78, 5) is 22.3. The van der Waals surface area contributed by atoms with Gasteiger partial charge < -0.3 is 0 Å². The number of carbonyl (C=O) groups is 2. The number of imide groups is 1. The van der Waals surface area contributed by atoms with Crippen molar-refractivity contribution in [3.8, 4) is 0 Å². The number of allylic oxidation sites excluding steroid dienone is 1. The summed E-state index contributed by atoms with van der Waals surface area (Å²) in [6, 6.07) is 0. The Kier molecular flexibility index (Phi) is 5.19. The van der Waals surface area contributed by atoms with Crippen LogP contribution in [0.25, 0.3) is 0 Å². The largest absolute Gasteiger partial charge is 0.278 e. The highest BCUT2D eigenvalue weighted by Crippen LogP contribution is 2.19. The maximum atomic E-state index is 11.3. The van der Waals surface area contributed by atoms with Gasteiger partial charge in [-0.05, 0) is 12.8 Å². The standard InChI is InChI=1S/C12H19NO3/c1-2-3-4-5-6-7-8-10-9-11(14)13(16)12(10)15/h7-8,10,16H,2-6,9H2,1H3/b8-7+. The maximum absolute atomic E-state index is 11.3. The minimum atomic E-state index is -0.509. The highest BCUT2D eigenvalue weighted by Gasteiger charge is 2.36. The van der Waals surface area contributed by atoms with Gasteiger partial charge in [0.2, 0.25) is 0 Å². The molecule has 4 nitrogen and oxygen atoms in total. The summed E-state index contributed by atoms with van der Waals surface area (Å²) in [5, 5.41) is 9.24. The number of hydroxylamine groups is 2. The first kappa shape index (κ1) is 12.9. The average Bonchev–Trinajstić information content (AvgIpc) is 2.51. The van der Waals surface area contributed by atoms with Crippen LogP contribution < -0.4 is 0 Å². The number of nitrogens with zero attached hydrogens (tertiary/aromatic N) is 1. The molecular weight excluding hydrogens is 206 g/mol. The van der Waals surface area contributed by atoms with Crippen LogP contribution in [0.4, 0.5) is 0 Å². The third-order valence-corrected chi connectivity index (χ3v) is 2.75. The van der Waals surface area contributed by atoms with Gasteiger partial charge in [-0.15, -0.1) is 0 Å². The summed E-state index contributed by atoms with van der Waals surface area (Å²) >= 11 is 0. The van der Waals surface area contributed by atoms with Crippen molar-refractivity contribution in [2.45, 2.75) is 45.4 Å². The SMILES string of the molecule is CCCCCC/C=C/C1CC(=O)N(O)C1=O. The normalized spacial score (nSPS) is 21.4. The topological polar surface area (TPSA) is 57.6 Å². The van der Waals surface area contributed by atoms with Crippen LogP contribution in [0.1, 0.15) is 45.4 Å². The molecule has 4 heteroatoms. The minimum Gasteiger partial charge on any atom is -0.278 e. The first-order valence-corrected chi connectivity index (χ1v) is 5.89. The molecule has 2 amide bonds. The Hall–Kier alpha value is -1.16. The maximum Gasteiger partial charge on any atom is 0.260 e. The van der Waals surface area contributed by atoms with Crippen LogP contribution in [0.5, 0.6) is 0 Å². The lowest BCUT2D eigenvalue weighted by Gasteiger charge is -2.02. The summed E-state index contributed by atoms with van der Waals surface area (Å²) < 4.78 is 0. The van der Waals surface area contributed by atoms with Gasteiger partial charge in [-0.25, -0.2) is 0 Å². The third-order valence-electron chi connectivity index (χ3n) is 2.75. The summed E-state index contributed by atoms with van der Waals surface area (Å²) in [6.07, 6.45) is 9.46. The molecule has 90 valence electrons. The molecule has 0 aromatic heterocycles. The molecular formula is C12H19NO3. The van der Waals surface area contributed by atoms with E-state index in [0.717, 1.165) is 12.8 Å². The van der Waals surface area contributed by atoms with Crippen molar-refractivity contribution in [3.05, 3.63) is 12.2 Å². The predicted octanol–water partition coefficient (Wildman–Crippen LogP) is 2.28. The Morgan fingerprint density at radius 1 is 1.38 bits per heavy atom. The number of unbranched alkanes of at least 4 members (excludes halogenated alkanes) is 4. The Labute approximate surface area is 95.9 Å². The van der Waals surface area contributed by atoms with E-state index in [1.54, 1.807) is 6.08 Å². The van der Waals surface area contributed by atoms with Crippen LogP contribution in [0.15, 0.2) is 12.2 Å². The second-order valence-electron chi connectivity index (χ2n) is 4.13. The lowest BCUT2D eigenvalue weighted by atomic mass is 10.1. The van der Waals surface area contributed by atoms with Crippen LogP contribution >= 0.6 is 0 Å². The highest BCUT2D eigenvalue weighted by atomic mass is 16.5. The Morgan fingerprint density at radius 3 is 2.69 bits per heavy atom. The van der Waals surface area contributed by atoms with Gasteiger partial charge >= 0.3 is 0 Å². The van der Waals surface area contributed by atoms with E-state index in [4.69, 9.17) is 5.21 Å². The number of carbonyl (C=O) groups excluding carboxylic acids is 2. The number of amides is 2. The molecule has 16 heavy (non-hydrogen) atoms. The fourth-order valence-electron chi connectivity index (χ4n) is 1.74.